The zero-order valence-electron chi connectivity index (χ0n) is 36.1. The SMILES string of the molecule is CC[C@H](C)[C@H](NC(=O)[C@@H](Cc1ccccc1)CC(O)C[C@H](Cc1ccccc1)C(=O)N[C@@H](C(=O)NCc1nc2ccccc2[nH]1)[C@@H](C)CC)C(=O)NCc1nc2ccccc2[nH]1. The Labute approximate surface area is 363 Å². The summed E-state index contributed by atoms with van der Waals surface area (Å²) in [6.45, 7) is 8.10. The molecule has 13 nitrogen and oxygen atoms in total. The van der Waals surface area contributed by atoms with Gasteiger partial charge >= 0.3 is 0 Å². The molecule has 6 rings (SSSR count). The molecule has 2 aromatic heterocycles. The number of carbonyl (C=O) groups is 4. The molecule has 0 aliphatic carbocycles. The number of hydrogen-bond donors (Lipinski definition) is 7. The number of nitrogens with one attached hydrogen (secondary N) is 6. The highest BCUT2D eigenvalue weighted by molar-refractivity contribution is 5.90. The van der Waals surface area contributed by atoms with Crippen LogP contribution in [0.3, 0.4) is 0 Å². The van der Waals surface area contributed by atoms with Crippen LogP contribution in [0.15, 0.2) is 109 Å². The maximum Gasteiger partial charge on any atom is 0.243 e. The van der Waals surface area contributed by atoms with Crippen molar-refractivity contribution >= 4 is 45.7 Å². The third kappa shape index (κ3) is 12.4. The zero-order chi connectivity index (χ0) is 44.0. The number of hydrogen-bond acceptors (Lipinski definition) is 7. The molecule has 62 heavy (non-hydrogen) atoms. The first-order valence-corrected chi connectivity index (χ1v) is 21.8. The van der Waals surface area contributed by atoms with Gasteiger partial charge in [-0.3, -0.25) is 19.2 Å². The lowest BCUT2D eigenvalue weighted by Crippen LogP contribution is -2.52. The Morgan fingerprint density at radius 1 is 0.548 bits per heavy atom. The van der Waals surface area contributed by atoms with Gasteiger partial charge in [-0.05, 0) is 72.9 Å². The summed E-state index contributed by atoms with van der Waals surface area (Å²) in [6.07, 6.45) is 0.923. The van der Waals surface area contributed by atoms with Crippen LogP contribution in [0.1, 0.15) is 76.2 Å². The van der Waals surface area contributed by atoms with E-state index in [-0.39, 0.29) is 61.4 Å². The normalized spacial score (nSPS) is 14.9. The van der Waals surface area contributed by atoms with E-state index in [4.69, 9.17) is 0 Å². The number of amides is 4. The Balaban J connectivity index is 1.16. The molecule has 13 heteroatoms. The van der Waals surface area contributed by atoms with Crippen molar-refractivity contribution in [2.45, 2.75) is 97.5 Å². The molecule has 4 aromatic carbocycles. The van der Waals surface area contributed by atoms with E-state index < -0.39 is 30.0 Å². The number of fused-ring (bicyclic) bond motifs is 2. The topological polar surface area (TPSA) is 194 Å². The predicted octanol–water partition coefficient (Wildman–Crippen LogP) is 6.29. The number of aliphatic hydroxyl groups excluding tert-OH is 1. The molecule has 0 saturated heterocycles. The molecule has 0 radical (unpaired) electrons. The smallest absolute Gasteiger partial charge is 0.243 e. The molecular formula is C49H60N8O5. The Kier molecular flexibility index (Phi) is 16.0. The molecule has 1 unspecified atom stereocenters. The number of rotatable bonds is 22. The fourth-order valence-corrected chi connectivity index (χ4v) is 7.80. The number of aromatic nitrogens is 4. The number of benzene rings is 4. The maximum absolute atomic E-state index is 14.3. The van der Waals surface area contributed by atoms with Crippen LogP contribution in [0.2, 0.25) is 0 Å². The number of aliphatic hydroxyl groups is 1. The molecule has 7 N–H and O–H groups in total. The lowest BCUT2D eigenvalue weighted by atomic mass is 9.86. The third-order valence-corrected chi connectivity index (χ3v) is 11.8. The van der Waals surface area contributed by atoms with E-state index in [1.54, 1.807) is 0 Å². The van der Waals surface area contributed by atoms with Crippen LogP contribution in [0.5, 0.6) is 0 Å². The van der Waals surface area contributed by atoms with Crippen LogP contribution in [0.25, 0.3) is 22.1 Å². The largest absolute Gasteiger partial charge is 0.393 e. The van der Waals surface area contributed by atoms with Gasteiger partial charge in [-0.2, -0.15) is 0 Å². The van der Waals surface area contributed by atoms with Crippen molar-refractivity contribution < 1.29 is 24.3 Å². The maximum atomic E-state index is 14.3. The molecule has 0 aliphatic rings. The minimum absolute atomic E-state index is 0.0416. The Morgan fingerprint density at radius 2 is 0.919 bits per heavy atom. The van der Waals surface area contributed by atoms with Gasteiger partial charge in [-0.1, -0.05) is 125 Å². The molecule has 2 heterocycles. The first-order valence-electron chi connectivity index (χ1n) is 21.8. The van der Waals surface area contributed by atoms with Crippen molar-refractivity contribution in [1.82, 2.24) is 41.2 Å². The number of imidazole rings is 2. The van der Waals surface area contributed by atoms with Crippen molar-refractivity contribution in [3.8, 4) is 0 Å². The van der Waals surface area contributed by atoms with Crippen molar-refractivity contribution in [3.05, 3.63) is 132 Å². The number of carbonyl (C=O) groups excluding carboxylic acids is 4. The van der Waals surface area contributed by atoms with Gasteiger partial charge in [0.15, 0.2) is 0 Å². The fraction of sp³-hybridized carbons (Fsp3) is 0.388. The summed E-state index contributed by atoms with van der Waals surface area (Å²) in [7, 11) is 0. The average Bonchev–Trinajstić information content (AvgIpc) is 3.92. The fourth-order valence-electron chi connectivity index (χ4n) is 7.80. The third-order valence-electron chi connectivity index (χ3n) is 11.8. The first-order chi connectivity index (χ1) is 30.0. The van der Waals surface area contributed by atoms with Gasteiger partial charge in [0, 0.05) is 11.8 Å². The molecule has 0 bridgehead atoms. The highest BCUT2D eigenvalue weighted by Crippen LogP contribution is 2.24. The van der Waals surface area contributed by atoms with Gasteiger partial charge in [-0.15, -0.1) is 0 Å². The van der Waals surface area contributed by atoms with Gasteiger partial charge in [0.25, 0.3) is 0 Å². The summed E-state index contributed by atoms with van der Waals surface area (Å²) >= 11 is 0. The average molecular weight is 841 g/mol. The second kappa shape index (κ2) is 22.0. The second-order valence-corrected chi connectivity index (χ2v) is 16.5. The standard InChI is InChI=1S/C49H60N8O5/c1-5-31(3)44(48(61)50-29-42-52-38-21-13-14-22-39(38)53-42)56-46(59)35(25-33-17-9-7-10-18-33)27-37(58)28-36(26-34-19-11-8-12-20-34)47(60)57-45(32(4)6-2)49(62)51-30-43-54-40-23-15-16-24-41(40)55-43/h7-24,31-32,35-37,44-45,58H,5-6,25-30H2,1-4H3,(H,50,61)(H,51,62)(H,52,53)(H,54,55)(H,56,59)(H,57,60)/t31-,32-,35-,36-,37?,44-,45+/m0/s1. The molecule has 4 amide bonds. The highest BCUT2D eigenvalue weighted by Gasteiger charge is 2.34. The Bertz CT molecular complexity index is 2150. The summed E-state index contributed by atoms with van der Waals surface area (Å²) in [5.41, 5.74) is 5.13. The first kappa shape index (κ1) is 45.2. The van der Waals surface area contributed by atoms with Crippen LogP contribution < -0.4 is 21.3 Å². The summed E-state index contributed by atoms with van der Waals surface area (Å²) in [5.74, 6) is -2.00. The lowest BCUT2D eigenvalue weighted by Gasteiger charge is -2.29. The monoisotopic (exact) mass is 840 g/mol. The number of nitrogens with zero attached hydrogens (tertiary/aromatic N) is 2. The van der Waals surface area contributed by atoms with Crippen LogP contribution in [0, 0.1) is 23.7 Å². The Morgan fingerprint density at radius 3 is 1.29 bits per heavy atom. The van der Waals surface area contributed by atoms with Crippen molar-refractivity contribution in [2.24, 2.45) is 23.7 Å². The van der Waals surface area contributed by atoms with E-state index in [0.717, 1.165) is 33.2 Å². The minimum Gasteiger partial charge on any atom is -0.393 e. The summed E-state index contributed by atoms with van der Waals surface area (Å²) < 4.78 is 0. The quantitative estimate of drug-likeness (QED) is 0.0417. The molecule has 0 aliphatic heterocycles. The van der Waals surface area contributed by atoms with E-state index in [1.165, 1.54) is 0 Å². The number of aromatic amines is 2. The van der Waals surface area contributed by atoms with Gasteiger partial charge in [0.2, 0.25) is 23.6 Å². The van der Waals surface area contributed by atoms with Gasteiger partial charge in [-0.25, -0.2) is 9.97 Å². The van der Waals surface area contributed by atoms with Crippen molar-refractivity contribution in [2.75, 3.05) is 0 Å². The van der Waals surface area contributed by atoms with Crippen LogP contribution in [-0.2, 0) is 45.1 Å². The number of H-pyrrole nitrogens is 2. The predicted molar refractivity (Wildman–Crippen MR) is 241 cm³/mol. The van der Waals surface area contributed by atoms with E-state index in [1.807, 2.05) is 137 Å². The summed E-state index contributed by atoms with van der Waals surface area (Å²) in [6, 6.07) is 32.7. The number of para-hydroxylation sites is 4. The zero-order valence-corrected chi connectivity index (χ0v) is 36.1. The molecule has 6 aromatic rings. The second-order valence-electron chi connectivity index (χ2n) is 16.5. The van der Waals surface area contributed by atoms with E-state index in [2.05, 4.69) is 41.2 Å². The van der Waals surface area contributed by atoms with Gasteiger partial charge < -0.3 is 36.3 Å². The van der Waals surface area contributed by atoms with Gasteiger partial charge in [0.05, 0.1) is 41.3 Å². The molecule has 0 fully saturated rings. The van der Waals surface area contributed by atoms with Crippen LogP contribution in [-0.4, -0.2) is 66.9 Å². The van der Waals surface area contributed by atoms with Crippen LogP contribution in [0.4, 0.5) is 0 Å². The van der Waals surface area contributed by atoms with E-state index >= 15 is 0 Å². The summed E-state index contributed by atoms with van der Waals surface area (Å²) in [5, 5.41) is 23.8. The van der Waals surface area contributed by atoms with Crippen molar-refractivity contribution in [1.29, 1.82) is 0 Å². The van der Waals surface area contributed by atoms with Gasteiger partial charge in [0.1, 0.15) is 23.7 Å². The summed E-state index contributed by atoms with van der Waals surface area (Å²) in [4.78, 5) is 71.7. The lowest BCUT2D eigenvalue weighted by molar-refractivity contribution is -0.134. The van der Waals surface area contributed by atoms with E-state index in [9.17, 15) is 24.3 Å². The molecule has 326 valence electrons. The van der Waals surface area contributed by atoms with Crippen molar-refractivity contribution in [3.63, 3.8) is 0 Å². The molecule has 0 spiro atoms. The molecule has 0 saturated carbocycles. The van der Waals surface area contributed by atoms with Crippen LogP contribution >= 0.6 is 0 Å². The highest BCUT2D eigenvalue weighted by atomic mass is 16.3. The molecule has 7 atom stereocenters. The molecular weight excluding hydrogens is 781 g/mol. The minimum atomic E-state index is -1.07. The Hall–Kier alpha value is -6.34. The van der Waals surface area contributed by atoms with E-state index in [0.29, 0.717) is 37.3 Å².